The van der Waals surface area contributed by atoms with Crippen LogP contribution < -0.4 is 11.1 Å². The SMILES string of the molecule is NC1(CO)CCC(C(=O)NCCC2CCCC2)CC1. The van der Waals surface area contributed by atoms with Gasteiger partial charge in [0.05, 0.1) is 6.61 Å². The summed E-state index contributed by atoms with van der Waals surface area (Å²) in [6.45, 7) is 0.858. The predicted molar refractivity (Wildman–Crippen MR) is 75.5 cm³/mol. The summed E-state index contributed by atoms with van der Waals surface area (Å²) >= 11 is 0. The van der Waals surface area contributed by atoms with Crippen molar-refractivity contribution in [1.82, 2.24) is 5.32 Å². The van der Waals surface area contributed by atoms with E-state index in [-0.39, 0.29) is 18.4 Å². The fourth-order valence-corrected chi connectivity index (χ4v) is 3.46. The Kier molecular flexibility index (Phi) is 5.22. The minimum Gasteiger partial charge on any atom is -0.394 e. The molecular formula is C15H28N2O2. The Morgan fingerprint density at radius 1 is 1.21 bits per heavy atom. The van der Waals surface area contributed by atoms with Gasteiger partial charge in [-0.3, -0.25) is 4.79 Å². The Bertz CT molecular complexity index is 293. The molecule has 0 bridgehead atoms. The number of amides is 1. The topological polar surface area (TPSA) is 75.3 Å². The second-order valence-corrected chi connectivity index (χ2v) is 6.52. The molecule has 0 aromatic rings. The third-order valence-electron chi connectivity index (χ3n) is 4.99. The van der Waals surface area contributed by atoms with Crippen molar-refractivity contribution in [3.8, 4) is 0 Å². The third-order valence-corrected chi connectivity index (χ3v) is 4.99. The zero-order chi connectivity index (χ0) is 13.7. The van der Waals surface area contributed by atoms with Gasteiger partial charge in [0.25, 0.3) is 0 Å². The Balaban J connectivity index is 1.64. The molecule has 2 fully saturated rings. The van der Waals surface area contributed by atoms with Gasteiger partial charge in [0.15, 0.2) is 0 Å². The number of aliphatic hydroxyl groups excluding tert-OH is 1. The molecule has 0 saturated heterocycles. The van der Waals surface area contributed by atoms with Crippen molar-refractivity contribution >= 4 is 5.91 Å². The Hall–Kier alpha value is -0.610. The highest BCUT2D eigenvalue weighted by molar-refractivity contribution is 5.78. The van der Waals surface area contributed by atoms with E-state index in [9.17, 15) is 9.90 Å². The van der Waals surface area contributed by atoms with Gasteiger partial charge in [0, 0.05) is 18.0 Å². The van der Waals surface area contributed by atoms with Gasteiger partial charge in [0.1, 0.15) is 0 Å². The Labute approximate surface area is 116 Å². The van der Waals surface area contributed by atoms with Crippen LogP contribution in [0.4, 0.5) is 0 Å². The molecular weight excluding hydrogens is 240 g/mol. The summed E-state index contributed by atoms with van der Waals surface area (Å²) in [5.41, 5.74) is 5.58. The van der Waals surface area contributed by atoms with E-state index in [1.165, 1.54) is 25.7 Å². The number of carbonyl (C=O) groups excluding carboxylic acids is 1. The van der Waals surface area contributed by atoms with Crippen LogP contribution in [0.1, 0.15) is 57.8 Å². The van der Waals surface area contributed by atoms with Gasteiger partial charge in [-0.1, -0.05) is 25.7 Å². The summed E-state index contributed by atoms with van der Waals surface area (Å²) < 4.78 is 0. The van der Waals surface area contributed by atoms with E-state index in [4.69, 9.17) is 5.73 Å². The molecule has 0 radical (unpaired) electrons. The molecule has 0 unspecified atom stereocenters. The Morgan fingerprint density at radius 2 is 1.84 bits per heavy atom. The van der Waals surface area contributed by atoms with Crippen molar-refractivity contribution in [3.63, 3.8) is 0 Å². The average molecular weight is 268 g/mol. The monoisotopic (exact) mass is 268 g/mol. The van der Waals surface area contributed by atoms with E-state index in [0.717, 1.165) is 44.6 Å². The first-order valence-electron chi connectivity index (χ1n) is 7.80. The molecule has 2 aliphatic rings. The molecule has 0 spiro atoms. The van der Waals surface area contributed by atoms with Gasteiger partial charge in [-0.05, 0) is 38.0 Å². The lowest BCUT2D eigenvalue weighted by Crippen LogP contribution is -2.48. The molecule has 0 aliphatic heterocycles. The molecule has 19 heavy (non-hydrogen) atoms. The predicted octanol–water partition coefficient (Wildman–Crippen LogP) is 1.56. The highest BCUT2D eigenvalue weighted by atomic mass is 16.3. The number of nitrogens with two attached hydrogens (primary N) is 1. The molecule has 4 heteroatoms. The maximum Gasteiger partial charge on any atom is 0.223 e. The van der Waals surface area contributed by atoms with Crippen LogP contribution in [-0.4, -0.2) is 29.7 Å². The van der Waals surface area contributed by atoms with Gasteiger partial charge in [-0.15, -0.1) is 0 Å². The van der Waals surface area contributed by atoms with E-state index in [2.05, 4.69) is 5.32 Å². The van der Waals surface area contributed by atoms with Crippen molar-refractivity contribution in [3.05, 3.63) is 0 Å². The van der Waals surface area contributed by atoms with Crippen LogP contribution in [0.2, 0.25) is 0 Å². The van der Waals surface area contributed by atoms with E-state index in [1.54, 1.807) is 0 Å². The molecule has 0 aromatic carbocycles. The standard InChI is InChI=1S/C15H28N2O2/c16-15(11-18)8-5-13(6-9-15)14(19)17-10-7-12-3-1-2-4-12/h12-13,18H,1-11,16H2,(H,17,19). The second kappa shape index (κ2) is 6.71. The van der Waals surface area contributed by atoms with E-state index in [1.807, 2.05) is 0 Å². The minimum absolute atomic E-state index is 0.0308. The molecule has 2 saturated carbocycles. The van der Waals surface area contributed by atoms with Crippen molar-refractivity contribution in [1.29, 1.82) is 0 Å². The quantitative estimate of drug-likeness (QED) is 0.708. The molecule has 110 valence electrons. The maximum atomic E-state index is 12.1. The third kappa shape index (κ3) is 4.18. The lowest BCUT2D eigenvalue weighted by molar-refractivity contribution is -0.126. The maximum absolute atomic E-state index is 12.1. The first-order valence-corrected chi connectivity index (χ1v) is 7.80. The number of hydrogen-bond donors (Lipinski definition) is 3. The molecule has 2 aliphatic carbocycles. The highest BCUT2D eigenvalue weighted by Crippen LogP contribution is 2.30. The molecule has 4 N–H and O–H groups in total. The van der Waals surface area contributed by atoms with Crippen molar-refractivity contribution in [2.45, 2.75) is 63.3 Å². The average Bonchev–Trinajstić information content (AvgIpc) is 2.92. The van der Waals surface area contributed by atoms with Gasteiger partial charge in [0.2, 0.25) is 5.91 Å². The number of nitrogens with one attached hydrogen (secondary N) is 1. The van der Waals surface area contributed by atoms with Crippen LogP contribution in [0.5, 0.6) is 0 Å². The summed E-state index contributed by atoms with van der Waals surface area (Å²) in [7, 11) is 0. The van der Waals surface area contributed by atoms with Gasteiger partial charge in [-0.25, -0.2) is 0 Å². The van der Waals surface area contributed by atoms with Crippen LogP contribution in [0, 0.1) is 11.8 Å². The largest absolute Gasteiger partial charge is 0.394 e. The molecule has 0 aromatic heterocycles. The number of aliphatic hydroxyl groups is 1. The lowest BCUT2D eigenvalue weighted by Gasteiger charge is -2.35. The molecule has 4 nitrogen and oxygen atoms in total. The zero-order valence-corrected chi connectivity index (χ0v) is 11.9. The number of hydrogen-bond acceptors (Lipinski definition) is 3. The fourth-order valence-electron chi connectivity index (χ4n) is 3.46. The normalized spacial score (nSPS) is 32.4. The van der Waals surface area contributed by atoms with Crippen LogP contribution >= 0.6 is 0 Å². The minimum atomic E-state index is -0.444. The van der Waals surface area contributed by atoms with Crippen LogP contribution in [0.25, 0.3) is 0 Å². The summed E-state index contributed by atoms with van der Waals surface area (Å²) in [6.07, 6.45) is 9.67. The van der Waals surface area contributed by atoms with Gasteiger partial charge < -0.3 is 16.2 Å². The summed E-state index contributed by atoms with van der Waals surface area (Å²) in [5, 5.41) is 12.3. The van der Waals surface area contributed by atoms with E-state index >= 15 is 0 Å². The van der Waals surface area contributed by atoms with Crippen molar-refractivity contribution in [2.24, 2.45) is 17.6 Å². The second-order valence-electron chi connectivity index (χ2n) is 6.52. The van der Waals surface area contributed by atoms with Crippen molar-refractivity contribution < 1.29 is 9.90 Å². The molecule has 2 rings (SSSR count). The number of carbonyl (C=O) groups is 1. The van der Waals surface area contributed by atoms with Crippen LogP contribution in [-0.2, 0) is 4.79 Å². The summed E-state index contributed by atoms with van der Waals surface area (Å²) in [6, 6.07) is 0. The number of rotatable bonds is 5. The molecule has 0 atom stereocenters. The van der Waals surface area contributed by atoms with Crippen LogP contribution in [0.3, 0.4) is 0 Å². The zero-order valence-electron chi connectivity index (χ0n) is 11.9. The summed E-state index contributed by atoms with van der Waals surface area (Å²) in [4.78, 5) is 12.1. The Morgan fingerprint density at radius 3 is 2.42 bits per heavy atom. The van der Waals surface area contributed by atoms with Crippen LogP contribution in [0.15, 0.2) is 0 Å². The highest BCUT2D eigenvalue weighted by Gasteiger charge is 2.33. The van der Waals surface area contributed by atoms with E-state index in [0.29, 0.717) is 0 Å². The first-order chi connectivity index (χ1) is 9.13. The van der Waals surface area contributed by atoms with Crippen molar-refractivity contribution in [2.75, 3.05) is 13.2 Å². The lowest BCUT2D eigenvalue weighted by atomic mass is 9.77. The first kappa shape index (κ1) is 14.8. The van der Waals surface area contributed by atoms with Gasteiger partial charge in [-0.2, -0.15) is 0 Å². The smallest absolute Gasteiger partial charge is 0.223 e. The molecule has 1 amide bonds. The van der Waals surface area contributed by atoms with Gasteiger partial charge >= 0.3 is 0 Å². The summed E-state index contributed by atoms with van der Waals surface area (Å²) in [5.74, 6) is 1.13. The molecule has 0 heterocycles. The fraction of sp³-hybridized carbons (Fsp3) is 0.933. The van der Waals surface area contributed by atoms with E-state index < -0.39 is 5.54 Å².